The maximum absolute atomic E-state index is 12.9. The smallest absolute Gasteiger partial charge is 0.255 e. The first-order valence-electron chi connectivity index (χ1n) is 13.3. The summed E-state index contributed by atoms with van der Waals surface area (Å²) in [4.78, 5) is 17.6. The summed E-state index contributed by atoms with van der Waals surface area (Å²) in [5.74, 6) is 1.04. The number of hydrogen-bond acceptors (Lipinski definition) is 6. The Morgan fingerprint density at radius 2 is 1.95 bits per heavy atom. The molecule has 1 saturated carbocycles. The molecule has 7 heteroatoms. The number of carbonyl (C=O) groups excluding carboxylic acids is 1. The van der Waals surface area contributed by atoms with E-state index in [0.717, 1.165) is 85.3 Å². The minimum Gasteiger partial charge on any atom is -0.493 e. The molecule has 1 saturated heterocycles. The molecule has 37 heavy (non-hydrogen) atoms. The molecule has 1 amide bonds. The lowest BCUT2D eigenvalue weighted by molar-refractivity contribution is 0.0140. The van der Waals surface area contributed by atoms with Gasteiger partial charge in [-0.3, -0.25) is 9.78 Å². The van der Waals surface area contributed by atoms with E-state index in [1.54, 1.807) is 12.1 Å². The van der Waals surface area contributed by atoms with Crippen molar-refractivity contribution in [3.63, 3.8) is 0 Å². The van der Waals surface area contributed by atoms with Crippen LogP contribution in [0.1, 0.15) is 60.5 Å². The van der Waals surface area contributed by atoms with Crippen molar-refractivity contribution in [1.82, 2.24) is 10.3 Å². The quantitative estimate of drug-likeness (QED) is 0.401. The Bertz CT molecular complexity index is 1230. The standard InChI is InChI=1S/C30H37N3O4/c1-20-27(33-29(34)23-3-6-26(7-4-23)37-19-21-11-14-36-18-21)8-5-24-15-22(17-32-28(20)24)16-31-25-9-12-30(2,35)13-10-25/h3-8,15,17,21,25,31,35H,9-14,16,18-19H2,1-2H3,(H,33,34)/t21?,25-,30-. The van der Waals surface area contributed by atoms with Gasteiger partial charge in [0.05, 0.1) is 24.3 Å². The number of hydrogen-bond donors (Lipinski definition) is 3. The number of rotatable bonds is 8. The Kier molecular flexibility index (Phi) is 7.74. The predicted molar refractivity (Wildman–Crippen MR) is 145 cm³/mol. The van der Waals surface area contributed by atoms with Crippen LogP contribution in [-0.2, 0) is 11.3 Å². The predicted octanol–water partition coefficient (Wildman–Crippen LogP) is 4.99. The van der Waals surface area contributed by atoms with Crippen molar-refractivity contribution in [2.45, 2.75) is 64.1 Å². The van der Waals surface area contributed by atoms with E-state index < -0.39 is 5.60 Å². The molecule has 2 fully saturated rings. The highest BCUT2D eigenvalue weighted by Crippen LogP contribution is 2.29. The molecule has 1 atom stereocenters. The van der Waals surface area contributed by atoms with Crippen LogP contribution in [0.3, 0.4) is 0 Å². The zero-order valence-electron chi connectivity index (χ0n) is 21.8. The Morgan fingerprint density at radius 3 is 2.68 bits per heavy atom. The molecule has 7 nitrogen and oxygen atoms in total. The Balaban J connectivity index is 1.18. The fourth-order valence-corrected chi connectivity index (χ4v) is 5.16. The van der Waals surface area contributed by atoms with Crippen LogP contribution < -0.4 is 15.4 Å². The highest BCUT2D eigenvalue weighted by molar-refractivity contribution is 6.06. The van der Waals surface area contributed by atoms with E-state index in [0.29, 0.717) is 24.1 Å². The van der Waals surface area contributed by atoms with Gasteiger partial charge in [-0.1, -0.05) is 6.07 Å². The molecule has 1 aliphatic carbocycles. The number of amides is 1. The van der Waals surface area contributed by atoms with Gasteiger partial charge >= 0.3 is 0 Å². The number of carbonyl (C=O) groups is 1. The third-order valence-electron chi connectivity index (χ3n) is 7.69. The number of aromatic nitrogens is 1. The van der Waals surface area contributed by atoms with Gasteiger partial charge in [-0.15, -0.1) is 0 Å². The van der Waals surface area contributed by atoms with Gasteiger partial charge in [-0.05, 0) is 93.5 Å². The van der Waals surface area contributed by atoms with Crippen LogP contribution in [0.15, 0.2) is 48.7 Å². The second kappa shape index (κ2) is 11.2. The van der Waals surface area contributed by atoms with Crippen molar-refractivity contribution < 1.29 is 19.4 Å². The maximum Gasteiger partial charge on any atom is 0.255 e. The molecule has 2 aromatic carbocycles. The normalized spacial score (nSPS) is 23.8. The fourth-order valence-electron chi connectivity index (χ4n) is 5.16. The summed E-state index contributed by atoms with van der Waals surface area (Å²) >= 11 is 0. The van der Waals surface area contributed by atoms with E-state index in [1.807, 2.05) is 44.3 Å². The van der Waals surface area contributed by atoms with Gasteiger partial charge in [0.1, 0.15) is 5.75 Å². The van der Waals surface area contributed by atoms with Crippen LogP contribution in [0.4, 0.5) is 5.69 Å². The molecule has 0 radical (unpaired) electrons. The largest absolute Gasteiger partial charge is 0.493 e. The zero-order chi connectivity index (χ0) is 25.8. The maximum atomic E-state index is 12.9. The van der Waals surface area contributed by atoms with Crippen molar-refractivity contribution in [2.24, 2.45) is 5.92 Å². The van der Waals surface area contributed by atoms with Crippen LogP contribution in [0, 0.1) is 12.8 Å². The molecule has 2 aliphatic rings. The number of fused-ring (bicyclic) bond motifs is 1. The number of nitrogens with zero attached hydrogens (tertiary/aromatic N) is 1. The lowest BCUT2D eigenvalue weighted by atomic mass is 9.83. The number of anilines is 1. The van der Waals surface area contributed by atoms with E-state index in [1.165, 1.54) is 0 Å². The summed E-state index contributed by atoms with van der Waals surface area (Å²) < 4.78 is 11.2. The van der Waals surface area contributed by atoms with E-state index in [9.17, 15) is 9.90 Å². The van der Waals surface area contributed by atoms with Crippen molar-refractivity contribution >= 4 is 22.5 Å². The van der Waals surface area contributed by atoms with E-state index >= 15 is 0 Å². The number of nitrogens with one attached hydrogen (secondary N) is 2. The van der Waals surface area contributed by atoms with Crippen molar-refractivity contribution in [3.05, 3.63) is 65.4 Å². The van der Waals surface area contributed by atoms with Crippen LogP contribution >= 0.6 is 0 Å². The summed E-state index contributed by atoms with van der Waals surface area (Å²) in [5, 5.41) is 17.9. The van der Waals surface area contributed by atoms with Gasteiger partial charge < -0.3 is 25.2 Å². The molecular weight excluding hydrogens is 466 g/mol. The summed E-state index contributed by atoms with van der Waals surface area (Å²) in [6, 6.07) is 13.8. The number of aryl methyl sites for hydroxylation is 1. The zero-order valence-corrected chi connectivity index (χ0v) is 21.8. The first-order valence-corrected chi connectivity index (χ1v) is 13.3. The SMILES string of the molecule is Cc1c(NC(=O)c2ccc(OCC3CCOC3)cc2)ccc2cc(CN[C@H]3CC[C@](C)(O)CC3)cnc12. The highest BCUT2D eigenvalue weighted by atomic mass is 16.5. The molecule has 0 spiro atoms. The Labute approximate surface area is 218 Å². The van der Waals surface area contributed by atoms with Crippen LogP contribution in [0.2, 0.25) is 0 Å². The highest BCUT2D eigenvalue weighted by Gasteiger charge is 2.28. The second-order valence-corrected chi connectivity index (χ2v) is 10.8. The fraction of sp³-hybridized carbons (Fsp3) is 0.467. The monoisotopic (exact) mass is 503 g/mol. The molecule has 5 rings (SSSR count). The molecule has 1 aliphatic heterocycles. The third-order valence-corrected chi connectivity index (χ3v) is 7.69. The summed E-state index contributed by atoms with van der Waals surface area (Å²) in [6.45, 7) is 6.86. The van der Waals surface area contributed by atoms with E-state index in [4.69, 9.17) is 14.5 Å². The van der Waals surface area contributed by atoms with E-state index in [-0.39, 0.29) is 5.91 Å². The van der Waals surface area contributed by atoms with Gasteiger partial charge in [0, 0.05) is 47.9 Å². The molecule has 1 aromatic heterocycles. The third kappa shape index (κ3) is 6.47. The average Bonchev–Trinajstić information content (AvgIpc) is 3.42. The second-order valence-electron chi connectivity index (χ2n) is 10.8. The van der Waals surface area contributed by atoms with Gasteiger partial charge in [-0.25, -0.2) is 0 Å². The molecule has 196 valence electrons. The summed E-state index contributed by atoms with van der Waals surface area (Å²) in [7, 11) is 0. The van der Waals surface area contributed by atoms with Crippen molar-refractivity contribution in [2.75, 3.05) is 25.1 Å². The van der Waals surface area contributed by atoms with Gasteiger partial charge in [0.15, 0.2) is 0 Å². The average molecular weight is 504 g/mol. The summed E-state index contributed by atoms with van der Waals surface area (Å²) in [6.07, 6.45) is 6.59. The Morgan fingerprint density at radius 1 is 1.16 bits per heavy atom. The van der Waals surface area contributed by atoms with Crippen LogP contribution in [0.5, 0.6) is 5.75 Å². The Hall–Kier alpha value is -3.00. The molecule has 2 heterocycles. The van der Waals surface area contributed by atoms with Crippen LogP contribution in [0.25, 0.3) is 10.9 Å². The number of ether oxygens (including phenoxy) is 2. The van der Waals surface area contributed by atoms with Gasteiger partial charge in [-0.2, -0.15) is 0 Å². The molecular formula is C30H37N3O4. The summed E-state index contributed by atoms with van der Waals surface area (Å²) in [5.41, 5.74) is 3.77. The minimum absolute atomic E-state index is 0.162. The number of pyridine rings is 1. The van der Waals surface area contributed by atoms with Crippen LogP contribution in [-0.4, -0.2) is 47.5 Å². The van der Waals surface area contributed by atoms with Gasteiger partial charge in [0.25, 0.3) is 5.91 Å². The lowest BCUT2D eigenvalue weighted by Gasteiger charge is -2.33. The van der Waals surface area contributed by atoms with Crippen molar-refractivity contribution in [1.29, 1.82) is 0 Å². The lowest BCUT2D eigenvalue weighted by Crippen LogP contribution is -2.39. The van der Waals surface area contributed by atoms with Crippen molar-refractivity contribution in [3.8, 4) is 5.75 Å². The first-order chi connectivity index (χ1) is 17.9. The molecule has 3 aromatic rings. The first kappa shape index (κ1) is 25.6. The molecule has 1 unspecified atom stereocenters. The minimum atomic E-state index is -0.518. The molecule has 0 bridgehead atoms. The number of aliphatic hydroxyl groups is 1. The number of benzene rings is 2. The topological polar surface area (TPSA) is 92.7 Å². The molecule has 3 N–H and O–H groups in total. The van der Waals surface area contributed by atoms with E-state index in [2.05, 4.69) is 16.7 Å². The van der Waals surface area contributed by atoms with Gasteiger partial charge in [0.2, 0.25) is 0 Å².